The zero-order valence-corrected chi connectivity index (χ0v) is 12.6. The second-order valence-electron chi connectivity index (χ2n) is 5.21. The number of hydrogen-bond acceptors (Lipinski definition) is 2. The van der Waals surface area contributed by atoms with Crippen LogP contribution >= 0.6 is 0 Å². The average Bonchev–Trinajstić information content (AvgIpc) is 2.51. The maximum Gasteiger partial charge on any atom is 0.108 e. The Bertz CT molecular complexity index is 558. The second-order valence-corrected chi connectivity index (χ2v) is 5.21. The number of aliphatic hydroxyl groups excluding tert-OH is 1. The van der Waals surface area contributed by atoms with E-state index < -0.39 is 11.7 Å². The largest absolute Gasteiger partial charge is 0.385 e. The minimum Gasteiger partial charge on any atom is -0.385 e. The predicted molar refractivity (Wildman–Crippen MR) is 83.8 cm³/mol. The molecule has 0 saturated heterocycles. The normalized spacial score (nSPS) is 13.6. The third-order valence-electron chi connectivity index (χ3n) is 4.22. The predicted octanol–water partition coefficient (Wildman–Crippen LogP) is 4.47. The number of rotatable bonds is 6. The molecule has 2 aromatic rings. The molecule has 0 bridgehead atoms. The van der Waals surface area contributed by atoms with Gasteiger partial charge in [0.25, 0.3) is 0 Å². The van der Waals surface area contributed by atoms with Crippen LogP contribution in [0.1, 0.15) is 45.3 Å². The summed E-state index contributed by atoms with van der Waals surface area (Å²) in [6, 6.07) is 14.3. The molecule has 2 rings (SSSR count). The molecular weight excluding hydrogens is 248 g/mol. The van der Waals surface area contributed by atoms with Gasteiger partial charge in [0, 0.05) is 6.61 Å². The number of aliphatic hydroxyl groups is 1. The van der Waals surface area contributed by atoms with E-state index in [1.54, 1.807) is 0 Å². The van der Waals surface area contributed by atoms with Crippen LogP contribution in [0.4, 0.5) is 0 Å². The van der Waals surface area contributed by atoms with Crippen LogP contribution in [0.2, 0.25) is 0 Å². The van der Waals surface area contributed by atoms with Gasteiger partial charge in [-0.15, -0.1) is 0 Å². The summed E-state index contributed by atoms with van der Waals surface area (Å²) >= 11 is 0. The summed E-state index contributed by atoms with van der Waals surface area (Å²) < 4.78 is 5.91. The Morgan fingerprint density at radius 3 is 2.25 bits per heavy atom. The van der Waals surface area contributed by atoms with E-state index in [0.717, 1.165) is 23.8 Å². The Morgan fingerprint density at radius 1 is 1.00 bits per heavy atom. The van der Waals surface area contributed by atoms with Crippen LogP contribution in [0.15, 0.2) is 42.5 Å². The summed E-state index contributed by atoms with van der Waals surface area (Å²) in [5.41, 5.74) is 0.442. The van der Waals surface area contributed by atoms with Gasteiger partial charge in [0.05, 0.1) is 5.60 Å². The highest BCUT2D eigenvalue weighted by Gasteiger charge is 2.36. The first-order valence-electron chi connectivity index (χ1n) is 7.47. The van der Waals surface area contributed by atoms with Gasteiger partial charge < -0.3 is 9.84 Å². The van der Waals surface area contributed by atoms with Crippen molar-refractivity contribution in [3.63, 3.8) is 0 Å². The lowest BCUT2D eigenvalue weighted by atomic mass is 9.85. The minimum absolute atomic E-state index is 0.489. The molecule has 0 aromatic heterocycles. The Morgan fingerprint density at radius 2 is 1.65 bits per heavy atom. The molecule has 1 N–H and O–H groups in total. The van der Waals surface area contributed by atoms with Crippen LogP contribution in [-0.2, 0) is 4.74 Å². The first-order valence-corrected chi connectivity index (χ1v) is 7.47. The summed E-state index contributed by atoms with van der Waals surface area (Å²) in [5.74, 6) is 0. The van der Waals surface area contributed by atoms with Crippen molar-refractivity contribution in [1.82, 2.24) is 0 Å². The van der Waals surface area contributed by atoms with Gasteiger partial charge in [-0.05, 0) is 42.2 Å². The van der Waals surface area contributed by atoms with Gasteiger partial charge in [0.2, 0.25) is 0 Å². The van der Waals surface area contributed by atoms with E-state index in [9.17, 15) is 5.11 Å². The average molecular weight is 272 g/mol. The summed E-state index contributed by atoms with van der Waals surface area (Å²) in [7, 11) is 0. The molecule has 0 heterocycles. The lowest BCUT2D eigenvalue weighted by Gasteiger charge is -2.36. The zero-order valence-electron chi connectivity index (χ0n) is 12.6. The molecule has 0 aliphatic rings. The van der Waals surface area contributed by atoms with E-state index in [1.807, 2.05) is 25.1 Å². The van der Waals surface area contributed by atoms with Gasteiger partial charge in [-0.1, -0.05) is 50.2 Å². The fraction of sp³-hybridized carbons (Fsp3) is 0.444. The summed E-state index contributed by atoms with van der Waals surface area (Å²) in [6.45, 7) is 6.74. The van der Waals surface area contributed by atoms with Gasteiger partial charge in [0.1, 0.15) is 6.10 Å². The third kappa shape index (κ3) is 2.72. The van der Waals surface area contributed by atoms with Crippen LogP contribution in [-0.4, -0.2) is 17.3 Å². The highest BCUT2D eigenvalue weighted by Crippen LogP contribution is 2.36. The van der Waals surface area contributed by atoms with Crippen LogP contribution < -0.4 is 0 Å². The molecule has 0 aliphatic heterocycles. The van der Waals surface area contributed by atoms with Gasteiger partial charge >= 0.3 is 0 Å². The second kappa shape index (κ2) is 6.38. The quantitative estimate of drug-likeness (QED) is 0.840. The molecule has 0 aliphatic carbocycles. The van der Waals surface area contributed by atoms with E-state index in [-0.39, 0.29) is 0 Å². The molecule has 2 heteroatoms. The standard InChI is InChI=1S/C18H24O2/c1-4-18(5-2,20-6-3)17(19)16-12-11-14-9-7-8-10-15(14)13-16/h7-13,17,19H,4-6H2,1-3H3. The maximum absolute atomic E-state index is 10.8. The first kappa shape index (κ1) is 15.0. The van der Waals surface area contributed by atoms with Crippen molar-refractivity contribution in [2.75, 3.05) is 6.61 Å². The fourth-order valence-corrected chi connectivity index (χ4v) is 2.89. The minimum atomic E-state index is -0.595. The van der Waals surface area contributed by atoms with Crippen molar-refractivity contribution in [1.29, 1.82) is 0 Å². The van der Waals surface area contributed by atoms with Gasteiger partial charge in [-0.25, -0.2) is 0 Å². The zero-order chi connectivity index (χ0) is 14.6. The Labute approximate surface area is 121 Å². The highest BCUT2D eigenvalue weighted by molar-refractivity contribution is 5.83. The molecule has 0 spiro atoms. The Kier molecular flexibility index (Phi) is 4.79. The summed E-state index contributed by atoms with van der Waals surface area (Å²) in [4.78, 5) is 0. The molecule has 2 aromatic carbocycles. The smallest absolute Gasteiger partial charge is 0.108 e. The molecule has 20 heavy (non-hydrogen) atoms. The monoisotopic (exact) mass is 272 g/mol. The molecule has 0 amide bonds. The topological polar surface area (TPSA) is 29.5 Å². The number of hydrogen-bond donors (Lipinski definition) is 1. The van der Waals surface area contributed by atoms with Crippen LogP contribution in [0, 0.1) is 0 Å². The van der Waals surface area contributed by atoms with Gasteiger partial charge in [0.15, 0.2) is 0 Å². The Balaban J connectivity index is 2.40. The Hall–Kier alpha value is -1.38. The van der Waals surface area contributed by atoms with Crippen molar-refractivity contribution < 1.29 is 9.84 Å². The summed E-state index contributed by atoms with van der Waals surface area (Å²) in [6.07, 6.45) is 0.999. The number of ether oxygens (including phenoxy) is 1. The van der Waals surface area contributed by atoms with Crippen molar-refractivity contribution in [2.45, 2.75) is 45.3 Å². The van der Waals surface area contributed by atoms with E-state index in [1.165, 1.54) is 5.39 Å². The van der Waals surface area contributed by atoms with Crippen LogP contribution in [0.3, 0.4) is 0 Å². The molecule has 0 fully saturated rings. The van der Waals surface area contributed by atoms with E-state index in [4.69, 9.17) is 4.74 Å². The molecule has 2 nitrogen and oxygen atoms in total. The SMILES string of the molecule is CCOC(CC)(CC)C(O)c1ccc2ccccc2c1. The number of benzene rings is 2. The van der Waals surface area contributed by atoms with E-state index >= 15 is 0 Å². The lowest BCUT2D eigenvalue weighted by molar-refractivity contribution is -0.127. The molecule has 0 radical (unpaired) electrons. The molecule has 1 unspecified atom stereocenters. The van der Waals surface area contributed by atoms with Gasteiger partial charge in [-0.3, -0.25) is 0 Å². The van der Waals surface area contributed by atoms with Crippen molar-refractivity contribution in [3.05, 3.63) is 48.0 Å². The number of fused-ring (bicyclic) bond motifs is 1. The fourth-order valence-electron chi connectivity index (χ4n) is 2.89. The molecule has 1 atom stereocenters. The van der Waals surface area contributed by atoms with Crippen LogP contribution in [0.25, 0.3) is 10.8 Å². The van der Waals surface area contributed by atoms with Crippen LogP contribution in [0.5, 0.6) is 0 Å². The van der Waals surface area contributed by atoms with Crippen molar-refractivity contribution >= 4 is 10.8 Å². The van der Waals surface area contributed by atoms with Crippen molar-refractivity contribution in [3.8, 4) is 0 Å². The third-order valence-corrected chi connectivity index (χ3v) is 4.22. The molecule has 108 valence electrons. The highest BCUT2D eigenvalue weighted by atomic mass is 16.5. The van der Waals surface area contributed by atoms with Crippen molar-refractivity contribution in [2.24, 2.45) is 0 Å². The van der Waals surface area contributed by atoms with E-state index in [2.05, 4.69) is 38.1 Å². The summed E-state index contributed by atoms with van der Waals surface area (Å²) in [5, 5.41) is 13.1. The lowest BCUT2D eigenvalue weighted by Crippen LogP contribution is -2.38. The van der Waals surface area contributed by atoms with E-state index in [0.29, 0.717) is 6.61 Å². The maximum atomic E-state index is 10.8. The molecule has 0 saturated carbocycles. The van der Waals surface area contributed by atoms with Gasteiger partial charge in [-0.2, -0.15) is 0 Å². The first-order chi connectivity index (χ1) is 9.66. The molecular formula is C18H24O2.